The van der Waals surface area contributed by atoms with E-state index in [1.807, 2.05) is 61.5 Å². The highest BCUT2D eigenvalue weighted by atomic mass is 32.2. The number of benzene rings is 2. The predicted molar refractivity (Wildman–Crippen MR) is 104 cm³/mol. The fraction of sp³-hybridized carbons (Fsp3) is 0.316. The topological polar surface area (TPSA) is 69.7 Å². The summed E-state index contributed by atoms with van der Waals surface area (Å²) in [7, 11) is 0.383. The van der Waals surface area contributed by atoms with E-state index in [0.29, 0.717) is 24.3 Å². The van der Waals surface area contributed by atoms with Crippen LogP contribution in [-0.4, -0.2) is 46.1 Å². The summed E-state index contributed by atoms with van der Waals surface area (Å²) in [6.45, 7) is 0.440. The Labute approximate surface area is 154 Å². The van der Waals surface area contributed by atoms with E-state index in [9.17, 15) is 13.2 Å². The molecule has 2 aromatic carbocycles. The van der Waals surface area contributed by atoms with Gasteiger partial charge in [-0.1, -0.05) is 36.4 Å². The maximum atomic E-state index is 12.8. The number of rotatable bonds is 5. The molecule has 1 amide bonds. The number of hydrogen-bond acceptors (Lipinski definition) is 4. The fourth-order valence-corrected chi connectivity index (χ4v) is 4.25. The van der Waals surface area contributed by atoms with Gasteiger partial charge in [0.2, 0.25) is 15.9 Å². The van der Waals surface area contributed by atoms with Crippen LogP contribution in [0.2, 0.25) is 0 Å². The maximum Gasteiger partial charge on any atom is 0.246 e. The minimum absolute atomic E-state index is 0.162. The lowest BCUT2D eigenvalue weighted by Crippen LogP contribution is -2.32. The van der Waals surface area contributed by atoms with Crippen LogP contribution < -0.4 is 9.62 Å². The molecule has 1 atom stereocenters. The maximum absolute atomic E-state index is 12.8. The number of carbonyl (C=O) groups excluding carboxylic acids is 1. The molecule has 138 valence electrons. The molecular formula is C19H23N3O3S. The second kappa shape index (κ2) is 7.09. The number of carbonyl (C=O) groups is 1. The smallest absolute Gasteiger partial charge is 0.246 e. The molecule has 0 saturated carbocycles. The van der Waals surface area contributed by atoms with E-state index in [0.717, 1.165) is 11.1 Å². The summed E-state index contributed by atoms with van der Waals surface area (Å²) in [5.74, 6) is -0.162. The van der Waals surface area contributed by atoms with E-state index >= 15 is 0 Å². The number of hydrogen-bond donors (Lipinski definition) is 1. The molecule has 0 spiro atoms. The predicted octanol–water partition coefficient (Wildman–Crippen LogP) is 2.25. The third-order valence-electron chi connectivity index (χ3n) is 4.49. The van der Waals surface area contributed by atoms with Gasteiger partial charge in [-0.25, -0.2) is 8.42 Å². The second-order valence-corrected chi connectivity index (χ2v) is 8.60. The van der Waals surface area contributed by atoms with Crippen LogP contribution in [0, 0.1) is 0 Å². The summed E-state index contributed by atoms with van der Waals surface area (Å²) in [4.78, 5) is 14.7. The van der Waals surface area contributed by atoms with E-state index in [1.54, 1.807) is 6.07 Å². The number of amides is 1. The minimum atomic E-state index is -3.32. The summed E-state index contributed by atoms with van der Waals surface area (Å²) in [5.41, 5.74) is 3.10. The standard InChI is InChI=1S/C19H23N3O3S/c1-21(2)18(15-7-5-4-6-8-15)19(23)20-16-10-9-14-11-12-22(17(14)13-16)26(3,24)25/h4-10,13,18H,11-12H2,1-3H3,(H,20,23). The van der Waals surface area contributed by atoms with Gasteiger partial charge in [0.25, 0.3) is 0 Å². The Balaban J connectivity index is 1.86. The van der Waals surface area contributed by atoms with Gasteiger partial charge < -0.3 is 5.32 Å². The Kier molecular flexibility index (Phi) is 5.02. The number of likely N-dealkylation sites (N-methyl/N-ethyl adjacent to an activating group) is 1. The Morgan fingerprint density at radius 2 is 1.85 bits per heavy atom. The Morgan fingerprint density at radius 3 is 2.46 bits per heavy atom. The SMILES string of the molecule is CN(C)C(C(=O)Nc1ccc2c(c1)N(S(C)(=O)=O)CC2)c1ccccc1. The zero-order chi connectivity index (χ0) is 18.9. The average Bonchev–Trinajstić information content (AvgIpc) is 2.99. The second-order valence-electron chi connectivity index (χ2n) is 6.69. The molecule has 1 heterocycles. The molecule has 0 bridgehead atoms. The summed E-state index contributed by atoms with van der Waals surface area (Å²) >= 11 is 0. The van der Waals surface area contributed by atoms with Gasteiger partial charge in [0.05, 0.1) is 11.9 Å². The molecule has 0 saturated heterocycles. The first-order valence-electron chi connectivity index (χ1n) is 8.40. The average molecular weight is 373 g/mol. The first-order valence-corrected chi connectivity index (χ1v) is 10.2. The lowest BCUT2D eigenvalue weighted by Gasteiger charge is -2.24. The molecule has 1 aliphatic heterocycles. The number of nitrogens with zero attached hydrogens (tertiary/aromatic N) is 2. The fourth-order valence-electron chi connectivity index (χ4n) is 3.30. The summed E-state index contributed by atoms with van der Waals surface area (Å²) in [6.07, 6.45) is 1.88. The van der Waals surface area contributed by atoms with E-state index in [1.165, 1.54) is 10.6 Å². The Bertz CT molecular complexity index is 911. The lowest BCUT2D eigenvalue weighted by molar-refractivity contribution is -0.120. The van der Waals surface area contributed by atoms with Gasteiger partial charge in [0.1, 0.15) is 6.04 Å². The normalized spacial score (nSPS) is 15.0. The van der Waals surface area contributed by atoms with Gasteiger partial charge in [-0.2, -0.15) is 0 Å². The monoisotopic (exact) mass is 373 g/mol. The van der Waals surface area contributed by atoms with Crippen LogP contribution in [0.4, 0.5) is 11.4 Å². The molecule has 2 aromatic rings. The Morgan fingerprint density at radius 1 is 1.15 bits per heavy atom. The first-order chi connectivity index (χ1) is 12.3. The molecule has 1 N–H and O–H groups in total. The largest absolute Gasteiger partial charge is 0.324 e. The molecule has 1 unspecified atom stereocenters. The van der Waals surface area contributed by atoms with Gasteiger partial charge in [0.15, 0.2) is 0 Å². The van der Waals surface area contributed by atoms with E-state index in [2.05, 4.69) is 5.32 Å². The number of nitrogens with one attached hydrogen (secondary N) is 1. The molecule has 7 heteroatoms. The quantitative estimate of drug-likeness (QED) is 0.873. The number of anilines is 2. The first kappa shape index (κ1) is 18.4. The van der Waals surface area contributed by atoms with Crippen LogP contribution in [0.5, 0.6) is 0 Å². The van der Waals surface area contributed by atoms with Crippen molar-refractivity contribution in [3.05, 3.63) is 59.7 Å². The van der Waals surface area contributed by atoms with Crippen LogP contribution in [0.15, 0.2) is 48.5 Å². The van der Waals surface area contributed by atoms with E-state index < -0.39 is 16.1 Å². The van der Waals surface area contributed by atoms with Crippen molar-refractivity contribution >= 4 is 27.3 Å². The molecule has 0 fully saturated rings. The molecule has 0 aromatic heterocycles. The van der Waals surface area contributed by atoms with Gasteiger partial charge in [-0.05, 0) is 43.8 Å². The van der Waals surface area contributed by atoms with Crippen molar-refractivity contribution in [1.82, 2.24) is 4.90 Å². The van der Waals surface area contributed by atoms with Gasteiger partial charge in [-0.3, -0.25) is 14.0 Å². The van der Waals surface area contributed by atoms with Crippen LogP contribution in [-0.2, 0) is 21.2 Å². The van der Waals surface area contributed by atoms with Crippen molar-refractivity contribution in [2.24, 2.45) is 0 Å². The van der Waals surface area contributed by atoms with Crippen LogP contribution in [0.1, 0.15) is 17.2 Å². The lowest BCUT2D eigenvalue weighted by atomic mass is 10.0. The highest BCUT2D eigenvalue weighted by Gasteiger charge is 2.27. The summed E-state index contributed by atoms with van der Waals surface area (Å²) in [6, 6.07) is 14.5. The molecule has 0 aliphatic carbocycles. The van der Waals surface area contributed by atoms with Crippen molar-refractivity contribution in [3.63, 3.8) is 0 Å². The molecule has 26 heavy (non-hydrogen) atoms. The van der Waals surface area contributed by atoms with E-state index in [4.69, 9.17) is 0 Å². The molecule has 1 aliphatic rings. The molecule has 0 radical (unpaired) electrons. The van der Waals surface area contributed by atoms with E-state index in [-0.39, 0.29) is 5.91 Å². The van der Waals surface area contributed by atoms with Crippen LogP contribution in [0.25, 0.3) is 0 Å². The third-order valence-corrected chi connectivity index (χ3v) is 5.67. The van der Waals surface area contributed by atoms with Crippen molar-refractivity contribution in [3.8, 4) is 0 Å². The number of fused-ring (bicyclic) bond motifs is 1. The highest BCUT2D eigenvalue weighted by Crippen LogP contribution is 2.33. The summed E-state index contributed by atoms with van der Waals surface area (Å²) in [5, 5.41) is 2.92. The van der Waals surface area contributed by atoms with Crippen LogP contribution >= 0.6 is 0 Å². The molecular weight excluding hydrogens is 350 g/mol. The zero-order valence-corrected chi connectivity index (χ0v) is 16.0. The molecule has 6 nitrogen and oxygen atoms in total. The van der Waals surface area contributed by atoms with Crippen LogP contribution in [0.3, 0.4) is 0 Å². The molecule has 3 rings (SSSR count). The van der Waals surface area contributed by atoms with Crippen molar-refractivity contribution in [2.45, 2.75) is 12.5 Å². The van der Waals surface area contributed by atoms with Crippen molar-refractivity contribution in [2.75, 3.05) is 36.5 Å². The van der Waals surface area contributed by atoms with Crippen molar-refractivity contribution in [1.29, 1.82) is 0 Å². The Hall–Kier alpha value is -2.38. The zero-order valence-electron chi connectivity index (χ0n) is 15.1. The van der Waals surface area contributed by atoms with Crippen molar-refractivity contribution < 1.29 is 13.2 Å². The highest BCUT2D eigenvalue weighted by molar-refractivity contribution is 7.92. The minimum Gasteiger partial charge on any atom is -0.324 e. The summed E-state index contributed by atoms with van der Waals surface area (Å²) < 4.78 is 25.3. The van der Waals surface area contributed by atoms with Gasteiger partial charge in [-0.15, -0.1) is 0 Å². The third kappa shape index (κ3) is 3.73. The van der Waals surface area contributed by atoms with Gasteiger partial charge >= 0.3 is 0 Å². The van der Waals surface area contributed by atoms with Gasteiger partial charge in [0, 0.05) is 12.2 Å². The number of sulfonamides is 1.